The Bertz CT molecular complexity index is 1310. The highest BCUT2D eigenvalue weighted by Crippen LogP contribution is 2.30. The van der Waals surface area contributed by atoms with Gasteiger partial charge < -0.3 is 10.5 Å². The summed E-state index contributed by atoms with van der Waals surface area (Å²) in [6.45, 7) is 4.50. The van der Waals surface area contributed by atoms with Gasteiger partial charge in [0.1, 0.15) is 17.4 Å². The molecule has 4 aromatic rings. The number of amidine groups is 1. The normalized spacial score (nSPS) is 11.8. The van der Waals surface area contributed by atoms with Gasteiger partial charge in [-0.15, -0.1) is 9.78 Å². The zero-order valence-electron chi connectivity index (χ0n) is 18.4. The van der Waals surface area contributed by atoms with Gasteiger partial charge in [0.05, 0.1) is 6.61 Å². The van der Waals surface area contributed by atoms with Gasteiger partial charge >= 0.3 is 5.69 Å². The largest absolute Gasteiger partial charge is 0.494 e. The van der Waals surface area contributed by atoms with Crippen molar-refractivity contribution in [3.8, 4) is 11.7 Å². The van der Waals surface area contributed by atoms with Gasteiger partial charge in [0.15, 0.2) is 0 Å². The Morgan fingerprint density at radius 2 is 1.91 bits per heavy atom. The molecular formula is C24H25N7O2. The van der Waals surface area contributed by atoms with Gasteiger partial charge in [-0.3, -0.25) is 10.4 Å². The van der Waals surface area contributed by atoms with Crippen molar-refractivity contribution < 1.29 is 4.74 Å². The topological polar surface area (TPSA) is 136 Å². The van der Waals surface area contributed by atoms with Gasteiger partial charge in [0.2, 0.25) is 0 Å². The van der Waals surface area contributed by atoms with Crippen molar-refractivity contribution in [2.24, 2.45) is 5.73 Å². The van der Waals surface area contributed by atoms with Crippen LogP contribution in [0.25, 0.3) is 5.95 Å². The van der Waals surface area contributed by atoms with E-state index in [1.807, 2.05) is 50.2 Å². The molecule has 168 valence electrons. The van der Waals surface area contributed by atoms with Crippen LogP contribution >= 0.6 is 0 Å². The third kappa shape index (κ3) is 4.98. The van der Waals surface area contributed by atoms with Crippen LogP contribution in [0.15, 0.2) is 65.7 Å². The number of H-pyrrole nitrogens is 1. The molecule has 1 unspecified atom stereocenters. The highest BCUT2D eigenvalue weighted by Gasteiger charge is 2.22. The van der Waals surface area contributed by atoms with Crippen molar-refractivity contribution in [2.45, 2.75) is 26.2 Å². The molecule has 2 heterocycles. The van der Waals surface area contributed by atoms with E-state index in [-0.39, 0.29) is 17.7 Å². The summed E-state index contributed by atoms with van der Waals surface area (Å²) in [5.41, 5.74) is 8.85. The van der Waals surface area contributed by atoms with Crippen molar-refractivity contribution in [2.75, 3.05) is 6.61 Å². The number of nitrogen functional groups attached to an aromatic ring is 1. The number of nitrogens with two attached hydrogens (primary N) is 1. The fourth-order valence-electron chi connectivity index (χ4n) is 3.69. The van der Waals surface area contributed by atoms with E-state index in [4.69, 9.17) is 15.9 Å². The average molecular weight is 444 g/mol. The molecule has 0 aliphatic heterocycles. The number of aromatic amines is 1. The molecule has 0 aliphatic rings. The Balaban J connectivity index is 1.78. The number of nitrogens with zero attached hydrogens (tertiary/aromatic N) is 4. The Morgan fingerprint density at radius 1 is 1.18 bits per heavy atom. The Morgan fingerprint density at radius 3 is 2.58 bits per heavy atom. The number of aryl methyl sites for hydroxylation is 1. The number of aromatic nitrogens is 5. The van der Waals surface area contributed by atoms with E-state index in [0.717, 1.165) is 22.4 Å². The minimum absolute atomic E-state index is 0.0177. The molecule has 4 rings (SSSR count). The first-order chi connectivity index (χ1) is 15.9. The van der Waals surface area contributed by atoms with Crippen LogP contribution in [-0.4, -0.2) is 37.2 Å². The number of benzene rings is 2. The van der Waals surface area contributed by atoms with Gasteiger partial charge in [0.25, 0.3) is 5.95 Å². The monoisotopic (exact) mass is 443 g/mol. The summed E-state index contributed by atoms with van der Waals surface area (Å²) in [7, 11) is 0. The van der Waals surface area contributed by atoms with E-state index in [1.54, 1.807) is 18.5 Å². The van der Waals surface area contributed by atoms with E-state index < -0.39 is 5.69 Å². The van der Waals surface area contributed by atoms with E-state index in [1.165, 1.54) is 4.68 Å². The zero-order chi connectivity index (χ0) is 23.4. The maximum atomic E-state index is 12.7. The van der Waals surface area contributed by atoms with Crippen LogP contribution in [0.2, 0.25) is 0 Å². The summed E-state index contributed by atoms with van der Waals surface area (Å²) in [6, 6.07) is 15.2. The lowest BCUT2D eigenvalue weighted by Crippen LogP contribution is -2.18. The molecule has 9 heteroatoms. The van der Waals surface area contributed by atoms with Crippen molar-refractivity contribution in [1.29, 1.82) is 5.41 Å². The van der Waals surface area contributed by atoms with Crippen LogP contribution in [-0.2, 0) is 6.42 Å². The predicted molar refractivity (Wildman–Crippen MR) is 125 cm³/mol. The fraction of sp³-hybridized carbons (Fsp3) is 0.208. The van der Waals surface area contributed by atoms with Gasteiger partial charge in [-0.25, -0.2) is 14.8 Å². The first kappa shape index (κ1) is 21.9. The van der Waals surface area contributed by atoms with Crippen LogP contribution in [0, 0.1) is 12.3 Å². The highest BCUT2D eigenvalue weighted by atomic mass is 16.5. The van der Waals surface area contributed by atoms with Crippen molar-refractivity contribution >= 4 is 5.84 Å². The summed E-state index contributed by atoms with van der Waals surface area (Å²) in [5, 5.41) is 12.1. The molecule has 2 aromatic heterocycles. The third-order valence-electron chi connectivity index (χ3n) is 5.20. The second-order valence-corrected chi connectivity index (χ2v) is 7.66. The van der Waals surface area contributed by atoms with Crippen LogP contribution in [0.1, 0.15) is 40.9 Å². The Hall–Kier alpha value is -4.27. The quantitative estimate of drug-likeness (QED) is 0.283. The molecule has 33 heavy (non-hydrogen) atoms. The van der Waals surface area contributed by atoms with Gasteiger partial charge in [0, 0.05) is 23.9 Å². The summed E-state index contributed by atoms with van der Waals surface area (Å²) in [4.78, 5) is 23.8. The molecule has 0 amide bonds. The fourth-order valence-corrected chi connectivity index (χ4v) is 3.69. The number of nitrogens with one attached hydrogen (secondary N) is 2. The van der Waals surface area contributed by atoms with Crippen LogP contribution in [0.4, 0.5) is 0 Å². The van der Waals surface area contributed by atoms with Crippen LogP contribution < -0.4 is 16.2 Å². The molecule has 0 saturated heterocycles. The van der Waals surface area contributed by atoms with Crippen LogP contribution in [0.3, 0.4) is 0 Å². The molecule has 9 nitrogen and oxygen atoms in total. The Labute approximate surface area is 190 Å². The number of hydrogen-bond acceptors (Lipinski definition) is 6. The molecule has 0 fully saturated rings. The smallest absolute Gasteiger partial charge is 0.350 e. The molecule has 0 bridgehead atoms. The van der Waals surface area contributed by atoms with Gasteiger partial charge in [-0.2, -0.15) is 0 Å². The number of ether oxygens (including phenoxy) is 1. The number of hydrogen-bond donors (Lipinski definition) is 3. The molecule has 0 aliphatic carbocycles. The summed E-state index contributed by atoms with van der Waals surface area (Å²) >= 11 is 0. The third-order valence-corrected chi connectivity index (χ3v) is 5.20. The summed E-state index contributed by atoms with van der Waals surface area (Å²) in [6.07, 6.45) is 3.69. The molecule has 1 atom stereocenters. The van der Waals surface area contributed by atoms with Crippen LogP contribution in [0.5, 0.6) is 5.75 Å². The maximum Gasteiger partial charge on any atom is 0.350 e. The van der Waals surface area contributed by atoms with Crippen molar-refractivity contribution in [3.63, 3.8) is 0 Å². The van der Waals surface area contributed by atoms with E-state index in [0.29, 0.717) is 24.4 Å². The maximum absolute atomic E-state index is 12.7. The zero-order valence-corrected chi connectivity index (χ0v) is 18.4. The van der Waals surface area contributed by atoms with E-state index in [9.17, 15) is 4.79 Å². The second kappa shape index (κ2) is 9.47. The van der Waals surface area contributed by atoms with Gasteiger partial charge in [-0.1, -0.05) is 30.3 Å². The second-order valence-electron chi connectivity index (χ2n) is 7.66. The van der Waals surface area contributed by atoms with Gasteiger partial charge in [-0.05, 0) is 55.2 Å². The summed E-state index contributed by atoms with van der Waals surface area (Å²) in [5.74, 6) is 1.22. The standard InChI is InChI=1S/C24H25N7O2/c1-3-33-19-12-15(2)11-18(14-19)20(13-16-5-7-17(8-6-16)21(25)26)22-29-24(32)31(30-22)23-27-9-4-10-28-23/h4-12,14,20H,3,13H2,1-2H3,(H3,25,26)(H,29,30,32). The minimum Gasteiger partial charge on any atom is -0.494 e. The first-order valence-electron chi connectivity index (χ1n) is 10.6. The van der Waals surface area contributed by atoms with E-state index in [2.05, 4.69) is 26.1 Å². The lowest BCUT2D eigenvalue weighted by molar-refractivity contribution is 0.339. The molecule has 0 saturated carbocycles. The summed E-state index contributed by atoms with van der Waals surface area (Å²) < 4.78 is 6.92. The predicted octanol–water partition coefficient (Wildman–Crippen LogP) is 2.72. The van der Waals surface area contributed by atoms with Crippen molar-refractivity contribution in [3.05, 3.63) is 99.5 Å². The van der Waals surface area contributed by atoms with E-state index >= 15 is 0 Å². The molecule has 0 spiro atoms. The average Bonchev–Trinajstić information content (AvgIpc) is 3.19. The molecular weight excluding hydrogens is 418 g/mol. The SMILES string of the molecule is CCOc1cc(C)cc(C(Cc2ccc(C(=N)N)cc2)c2nn(-c3ncccn3)c(=O)[nH]2)c1. The Kier molecular flexibility index (Phi) is 6.30. The molecule has 4 N–H and O–H groups in total. The molecule has 2 aromatic carbocycles. The van der Waals surface area contributed by atoms with Crippen molar-refractivity contribution in [1.82, 2.24) is 24.7 Å². The number of rotatable bonds is 8. The minimum atomic E-state index is -0.411. The molecule has 0 radical (unpaired) electrons. The highest BCUT2D eigenvalue weighted by molar-refractivity contribution is 5.94. The lowest BCUT2D eigenvalue weighted by Gasteiger charge is -2.17. The first-order valence-corrected chi connectivity index (χ1v) is 10.6. The lowest BCUT2D eigenvalue weighted by atomic mass is 9.90.